The van der Waals surface area contributed by atoms with Crippen molar-refractivity contribution in [1.29, 1.82) is 5.26 Å². The number of benzene rings is 2. The van der Waals surface area contributed by atoms with E-state index in [0.29, 0.717) is 17.9 Å². The molecule has 1 fully saturated rings. The van der Waals surface area contributed by atoms with E-state index in [-0.39, 0.29) is 18.0 Å². The van der Waals surface area contributed by atoms with E-state index in [4.69, 9.17) is 10.00 Å². The van der Waals surface area contributed by atoms with E-state index < -0.39 is 17.8 Å². The molecule has 1 aromatic heterocycles. The highest BCUT2D eigenvalue weighted by Gasteiger charge is 2.43. The van der Waals surface area contributed by atoms with Crippen LogP contribution in [0.25, 0.3) is 5.70 Å². The largest absolute Gasteiger partial charge is 0.491 e. The van der Waals surface area contributed by atoms with E-state index in [0.717, 1.165) is 54.4 Å². The van der Waals surface area contributed by atoms with E-state index in [1.165, 1.54) is 6.21 Å². The van der Waals surface area contributed by atoms with Gasteiger partial charge in [-0.15, -0.1) is 0 Å². The number of ether oxygens (including phenoxy) is 1. The van der Waals surface area contributed by atoms with E-state index >= 15 is 0 Å². The topological polar surface area (TPSA) is 80.0 Å². The summed E-state index contributed by atoms with van der Waals surface area (Å²) in [5.41, 5.74) is 5.45. The van der Waals surface area contributed by atoms with Gasteiger partial charge in [0.25, 0.3) is 0 Å². The summed E-state index contributed by atoms with van der Waals surface area (Å²) in [4.78, 5) is 10.5. The number of halogens is 3. The second-order valence-electron chi connectivity index (χ2n) is 10.7. The lowest BCUT2D eigenvalue weighted by Gasteiger charge is -2.37. The van der Waals surface area contributed by atoms with Crippen LogP contribution in [0.3, 0.4) is 0 Å². The molecule has 224 valence electrons. The molecule has 11 heteroatoms. The predicted molar refractivity (Wildman–Crippen MR) is 162 cm³/mol. The van der Waals surface area contributed by atoms with Crippen molar-refractivity contribution in [3.05, 3.63) is 119 Å². The zero-order valence-corrected chi connectivity index (χ0v) is 23.9. The molecule has 8 nitrogen and oxygen atoms in total. The lowest BCUT2D eigenvalue weighted by molar-refractivity contribution is -0.0919. The lowest BCUT2D eigenvalue weighted by Crippen LogP contribution is -2.45. The zero-order valence-electron chi connectivity index (χ0n) is 23.9. The Morgan fingerprint density at radius 1 is 1.05 bits per heavy atom. The molecule has 1 atom stereocenters. The summed E-state index contributed by atoms with van der Waals surface area (Å²) in [6.07, 6.45) is -1.81. The molecule has 44 heavy (non-hydrogen) atoms. The van der Waals surface area contributed by atoms with Crippen molar-refractivity contribution in [1.82, 2.24) is 20.2 Å². The van der Waals surface area contributed by atoms with Crippen LogP contribution in [-0.4, -0.2) is 60.0 Å². The fraction of sp³-hybridized carbons (Fsp3) is 0.242. The number of nitrogens with one attached hydrogen (secondary N) is 1. The van der Waals surface area contributed by atoms with Gasteiger partial charge in [-0.3, -0.25) is 5.43 Å². The highest BCUT2D eigenvalue weighted by atomic mass is 19.4. The summed E-state index contributed by atoms with van der Waals surface area (Å²) in [5.74, 6) is 1.46. The van der Waals surface area contributed by atoms with Gasteiger partial charge in [0.2, 0.25) is 0 Å². The maximum absolute atomic E-state index is 14.1. The standard InChI is InChI=1S/C33H30F3N7O/c1-22-32(33(34,35)36)29(19-39-40-22)43-20-26-5-3-4-6-28(26)30(43)21-44-27-10-8-25(9-11-27)23(2)41-13-15-42(16-14-41)31-12-7-24(17-37)18-38-31/h3-12,18-19,30,40H,1-2,13-16,20-21H2/t30-/m1/s1. The van der Waals surface area contributed by atoms with Crippen LogP contribution in [0.2, 0.25) is 0 Å². The number of fused-ring (bicyclic) bond motifs is 1. The van der Waals surface area contributed by atoms with E-state index in [1.54, 1.807) is 17.2 Å². The van der Waals surface area contributed by atoms with Gasteiger partial charge in [-0.05, 0) is 53.1 Å². The maximum atomic E-state index is 14.1. The number of pyridine rings is 1. The molecule has 1 N–H and O–H groups in total. The molecule has 0 saturated carbocycles. The van der Waals surface area contributed by atoms with Gasteiger partial charge in [-0.25, -0.2) is 4.98 Å². The van der Waals surface area contributed by atoms with Gasteiger partial charge in [-0.2, -0.15) is 23.5 Å². The second-order valence-corrected chi connectivity index (χ2v) is 10.7. The van der Waals surface area contributed by atoms with Crippen LogP contribution in [0.1, 0.15) is 28.3 Å². The molecule has 6 rings (SSSR count). The average molecular weight is 598 g/mol. The summed E-state index contributed by atoms with van der Waals surface area (Å²) in [5, 5.41) is 12.9. The van der Waals surface area contributed by atoms with Crippen LogP contribution in [0.4, 0.5) is 19.0 Å². The first kappa shape index (κ1) is 28.9. The minimum absolute atomic E-state index is 0.0345. The van der Waals surface area contributed by atoms with Crippen molar-refractivity contribution in [2.45, 2.75) is 18.8 Å². The highest BCUT2D eigenvalue weighted by Crippen LogP contribution is 2.42. The first-order valence-electron chi connectivity index (χ1n) is 14.2. The number of aromatic nitrogens is 1. The third kappa shape index (κ3) is 5.71. The van der Waals surface area contributed by atoms with Crippen molar-refractivity contribution in [2.75, 3.05) is 37.7 Å². The Kier molecular flexibility index (Phi) is 7.74. The Hall–Kier alpha value is -5.24. The number of piperazine rings is 1. The molecule has 0 amide bonds. The molecule has 0 spiro atoms. The molecule has 2 aromatic carbocycles. The van der Waals surface area contributed by atoms with Crippen molar-refractivity contribution < 1.29 is 17.9 Å². The quantitative estimate of drug-likeness (QED) is 0.380. The summed E-state index contributed by atoms with van der Waals surface area (Å²) in [6, 6.07) is 20.5. The molecular formula is C33H30F3N7O. The van der Waals surface area contributed by atoms with Gasteiger partial charge in [0.1, 0.15) is 29.8 Å². The second kappa shape index (κ2) is 11.8. The SMILES string of the molecule is C=C1NN=CC(N2Cc3ccccc3[C@H]2COc2ccc(C(=C)N3CCN(c4ccc(C#N)cn4)CC3)cc2)=C1C(F)(F)F. The summed E-state index contributed by atoms with van der Waals surface area (Å²) in [7, 11) is 0. The number of anilines is 1. The van der Waals surface area contributed by atoms with E-state index in [1.807, 2.05) is 54.6 Å². The minimum atomic E-state index is -4.60. The van der Waals surface area contributed by atoms with Crippen molar-refractivity contribution >= 4 is 17.7 Å². The summed E-state index contributed by atoms with van der Waals surface area (Å²) in [6.45, 7) is 11.4. The predicted octanol–water partition coefficient (Wildman–Crippen LogP) is 5.60. The van der Waals surface area contributed by atoms with Crippen molar-refractivity contribution in [3.63, 3.8) is 0 Å². The Morgan fingerprint density at radius 2 is 1.80 bits per heavy atom. The Balaban J connectivity index is 1.12. The van der Waals surface area contributed by atoms with Crippen LogP contribution >= 0.6 is 0 Å². The third-order valence-corrected chi connectivity index (χ3v) is 8.13. The number of hydrogen-bond donors (Lipinski definition) is 1. The molecule has 0 radical (unpaired) electrons. The number of nitrogens with zero attached hydrogens (tertiary/aromatic N) is 6. The van der Waals surface area contributed by atoms with Crippen molar-refractivity contribution in [3.8, 4) is 11.8 Å². The molecule has 3 aliphatic rings. The fourth-order valence-electron chi connectivity index (χ4n) is 5.82. The summed E-state index contributed by atoms with van der Waals surface area (Å²) < 4.78 is 48.3. The number of alkyl halides is 3. The molecular weight excluding hydrogens is 567 g/mol. The molecule has 4 heterocycles. The molecule has 0 unspecified atom stereocenters. The minimum Gasteiger partial charge on any atom is -0.491 e. The third-order valence-electron chi connectivity index (χ3n) is 8.13. The number of nitriles is 1. The molecule has 3 aliphatic heterocycles. The van der Waals surface area contributed by atoms with Crippen LogP contribution in [0.5, 0.6) is 5.75 Å². The number of rotatable bonds is 7. The van der Waals surface area contributed by atoms with Crippen molar-refractivity contribution in [2.24, 2.45) is 5.10 Å². The van der Waals surface area contributed by atoms with Gasteiger partial charge in [0.15, 0.2) is 0 Å². The zero-order chi connectivity index (χ0) is 30.8. The Labute approximate surface area is 253 Å². The maximum Gasteiger partial charge on any atom is 0.420 e. The monoisotopic (exact) mass is 597 g/mol. The van der Waals surface area contributed by atoms with Gasteiger partial charge in [-0.1, -0.05) is 37.4 Å². The van der Waals surface area contributed by atoms with Gasteiger partial charge < -0.3 is 19.4 Å². The first-order valence-corrected chi connectivity index (χ1v) is 14.2. The molecule has 3 aromatic rings. The number of allylic oxidation sites excluding steroid dienone is 2. The number of hydrogen-bond acceptors (Lipinski definition) is 8. The normalized spacial score (nSPS) is 18.2. The average Bonchev–Trinajstić information content (AvgIpc) is 3.41. The molecule has 0 aliphatic carbocycles. The smallest absolute Gasteiger partial charge is 0.420 e. The Bertz CT molecular complexity index is 1670. The van der Waals surface area contributed by atoms with Crippen LogP contribution in [-0.2, 0) is 6.54 Å². The van der Waals surface area contributed by atoms with Crippen LogP contribution in [0.15, 0.2) is 102 Å². The van der Waals surface area contributed by atoms with E-state index in [9.17, 15) is 13.2 Å². The number of hydrazone groups is 1. The van der Waals surface area contributed by atoms with Gasteiger partial charge in [0, 0.05) is 44.6 Å². The van der Waals surface area contributed by atoms with Crippen LogP contribution in [0, 0.1) is 11.3 Å². The van der Waals surface area contributed by atoms with E-state index in [2.05, 4.69) is 44.5 Å². The summed E-state index contributed by atoms with van der Waals surface area (Å²) >= 11 is 0. The fourth-order valence-corrected chi connectivity index (χ4v) is 5.82. The lowest BCUT2D eigenvalue weighted by atomic mass is 10.0. The molecule has 1 saturated heterocycles. The first-order chi connectivity index (χ1) is 21.2. The van der Waals surface area contributed by atoms with Gasteiger partial charge >= 0.3 is 6.18 Å². The van der Waals surface area contributed by atoms with Crippen LogP contribution < -0.4 is 15.1 Å². The van der Waals surface area contributed by atoms with Gasteiger partial charge in [0.05, 0.1) is 29.2 Å². The Morgan fingerprint density at radius 3 is 2.48 bits per heavy atom. The molecule has 0 bridgehead atoms. The highest BCUT2D eigenvalue weighted by molar-refractivity contribution is 5.82.